The molecule has 1 unspecified atom stereocenters. The molecule has 0 amide bonds. The molecule has 0 heterocycles. The summed E-state index contributed by atoms with van der Waals surface area (Å²) in [5, 5.41) is 20.0. The molecule has 4 heteroatoms. The van der Waals surface area contributed by atoms with E-state index in [1.54, 1.807) is 0 Å². The van der Waals surface area contributed by atoms with Gasteiger partial charge in [-0.2, -0.15) is 0 Å². The summed E-state index contributed by atoms with van der Waals surface area (Å²) in [6.45, 7) is 0. The number of allylic oxidation sites excluding steroid dienone is 2. The molecular formula is C110H78N4. The monoisotopic (exact) mass is 1450 g/mol. The molecule has 1 aliphatic carbocycles. The number of hydrogen-bond donors (Lipinski definition) is 0. The van der Waals surface area contributed by atoms with Crippen molar-refractivity contribution in [3.63, 3.8) is 0 Å². The Morgan fingerprint density at radius 2 is 0.518 bits per heavy atom. The van der Waals surface area contributed by atoms with Crippen molar-refractivity contribution in [1.82, 2.24) is 0 Å². The summed E-state index contributed by atoms with van der Waals surface area (Å²) in [6, 6.07) is 161. The number of anilines is 11. The number of para-hydroxylation sites is 4. The lowest BCUT2D eigenvalue weighted by Gasteiger charge is -2.45. The van der Waals surface area contributed by atoms with Crippen LogP contribution in [-0.4, -0.2) is 0 Å². The Morgan fingerprint density at radius 3 is 0.974 bits per heavy atom. The maximum absolute atomic E-state index is 2.57. The molecule has 0 aliphatic heterocycles. The highest BCUT2D eigenvalue weighted by molar-refractivity contribution is 6.11. The first-order chi connectivity index (χ1) is 56.5. The van der Waals surface area contributed by atoms with Crippen molar-refractivity contribution in [3.8, 4) is 11.1 Å². The minimum atomic E-state index is -0.491. The van der Waals surface area contributed by atoms with Crippen LogP contribution in [-0.2, 0) is 5.54 Å². The fourth-order valence-electron chi connectivity index (χ4n) is 17.3. The minimum absolute atomic E-state index is 0.491. The molecule has 4 nitrogen and oxygen atoms in total. The highest BCUT2D eigenvalue weighted by atomic mass is 15.2. The highest BCUT2D eigenvalue weighted by Crippen LogP contribution is 2.50. The van der Waals surface area contributed by atoms with E-state index in [4.69, 9.17) is 0 Å². The molecule has 538 valence electrons. The molecular weight excluding hydrogens is 1380 g/mol. The second-order valence-corrected chi connectivity index (χ2v) is 29.6. The van der Waals surface area contributed by atoms with Crippen LogP contribution in [0.2, 0.25) is 0 Å². The van der Waals surface area contributed by atoms with Crippen molar-refractivity contribution in [1.29, 1.82) is 0 Å². The van der Waals surface area contributed by atoms with Gasteiger partial charge in [-0.3, -0.25) is 0 Å². The summed E-state index contributed by atoms with van der Waals surface area (Å²) >= 11 is 0. The molecule has 1 aliphatic rings. The van der Waals surface area contributed by atoms with Gasteiger partial charge in [0.15, 0.2) is 0 Å². The Hall–Kier alpha value is -14.8. The van der Waals surface area contributed by atoms with Crippen LogP contribution < -0.4 is 19.6 Å². The second kappa shape index (κ2) is 29.9. The number of hydrogen-bond acceptors (Lipinski definition) is 4. The van der Waals surface area contributed by atoms with Gasteiger partial charge in [0.25, 0.3) is 0 Å². The van der Waals surface area contributed by atoms with E-state index in [9.17, 15) is 0 Å². The van der Waals surface area contributed by atoms with Gasteiger partial charge in [-0.1, -0.05) is 315 Å². The van der Waals surface area contributed by atoms with E-state index < -0.39 is 5.54 Å². The number of fused-ring (bicyclic) bond motifs is 10. The van der Waals surface area contributed by atoms with Gasteiger partial charge in [0.1, 0.15) is 0 Å². The zero-order chi connectivity index (χ0) is 75.7. The van der Waals surface area contributed by atoms with Crippen LogP contribution in [0.25, 0.3) is 103 Å². The van der Waals surface area contributed by atoms with Crippen LogP contribution in [0.4, 0.5) is 62.6 Å². The molecule has 20 aromatic carbocycles. The predicted octanol–water partition coefficient (Wildman–Crippen LogP) is 30.8. The first-order valence-corrected chi connectivity index (χ1v) is 39.3. The average Bonchev–Trinajstić information content (AvgIpc) is 0.732. The van der Waals surface area contributed by atoms with Crippen LogP contribution in [0.3, 0.4) is 0 Å². The normalized spacial score (nSPS) is 13.3. The van der Waals surface area contributed by atoms with Gasteiger partial charge in [0.05, 0.1) is 16.9 Å². The Morgan fingerprint density at radius 1 is 0.193 bits per heavy atom. The SMILES string of the molecule is C1=CC(c2ccccc2)(N(c2ccccc2)c2cccc3cc4ccccc4cc23)CC=C1c1ccc(N(c2ccccc2)c2cccc3cc4ccccc4cc23)cc1.c1ccc(N(c2ccc(-c3ccc(N(c4ccccc4)c4ccc5c(ccc6ccccc65)c4)cc3)cc2)c2ccc3c(ccc4ccccc43)c2)cc1. The van der Waals surface area contributed by atoms with Crippen molar-refractivity contribution in [2.75, 3.05) is 19.6 Å². The molecule has 20 aromatic rings. The lowest BCUT2D eigenvalue weighted by molar-refractivity contribution is 0.549. The zero-order valence-electron chi connectivity index (χ0n) is 62.9. The van der Waals surface area contributed by atoms with Gasteiger partial charge in [-0.15, -0.1) is 0 Å². The van der Waals surface area contributed by atoms with Crippen LogP contribution in [0.5, 0.6) is 0 Å². The summed E-state index contributed by atoms with van der Waals surface area (Å²) in [7, 11) is 0. The summed E-state index contributed by atoms with van der Waals surface area (Å²) in [6.07, 6.45) is 7.99. The molecule has 0 saturated heterocycles. The third kappa shape index (κ3) is 13.0. The quantitative estimate of drug-likeness (QED) is 0.0749. The maximum atomic E-state index is 2.57. The average molecular weight is 1460 g/mol. The highest BCUT2D eigenvalue weighted by Gasteiger charge is 2.39. The summed E-state index contributed by atoms with van der Waals surface area (Å²) in [5.41, 5.74) is 18.0. The molecule has 0 fully saturated rings. The molecule has 0 N–H and O–H groups in total. The molecule has 0 radical (unpaired) electrons. The summed E-state index contributed by atoms with van der Waals surface area (Å²) in [4.78, 5) is 9.63. The van der Waals surface area contributed by atoms with E-state index >= 15 is 0 Å². The van der Waals surface area contributed by atoms with Gasteiger partial charge in [0.2, 0.25) is 0 Å². The molecule has 21 rings (SSSR count). The molecule has 0 spiro atoms. The number of benzene rings is 20. The number of nitrogens with zero attached hydrogens (tertiary/aromatic N) is 4. The molecule has 0 aromatic heterocycles. The second-order valence-electron chi connectivity index (χ2n) is 29.6. The van der Waals surface area contributed by atoms with Crippen LogP contribution >= 0.6 is 0 Å². The smallest absolute Gasteiger partial charge is 0.0924 e. The van der Waals surface area contributed by atoms with E-state index in [-0.39, 0.29) is 0 Å². The van der Waals surface area contributed by atoms with Crippen molar-refractivity contribution < 1.29 is 0 Å². The van der Waals surface area contributed by atoms with Gasteiger partial charge in [-0.05, 0) is 255 Å². The predicted molar refractivity (Wildman–Crippen MR) is 487 cm³/mol. The fourth-order valence-corrected chi connectivity index (χ4v) is 17.3. The number of rotatable bonds is 15. The summed E-state index contributed by atoms with van der Waals surface area (Å²) in [5.74, 6) is 0. The molecule has 0 bridgehead atoms. The molecule has 0 saturated carbocycles. The van der Waals surface area contributed by atoms with Gasteiger partial charge in [0, 0.05) is 62.0 Å². The largest absolute Gasteiger partial charge is 0.327 e. The van der Waals surface area contributed by atoms with Crippen molar-refractivity contribution >= 4 is 154 Å². The minimum Gasteiger partial charge on any atom is -0.327 e. The van der Waals surface area contributed by atoms with Crippen molar-refractivity contribution in [2.45, 2.75) is 12.0 Å². The van der Waals surface area contributed by atoms with Crippen molar-refractivity contribution in [3.05, 3.63) is 472 Å². The first-order valence-electron chi connectivity index (χ1n) is 39.3. The van der Waals surface area contributed by atoms with Crippen LogP contribution in [0.1, 0.15) is 17.5 Å². The fraction of sp³-hybridized carbons (Fsp3) is 0.0182. The van der Waals surface area contributed by atoms with E-state index in [0.29, 0.717) is 0 Å². The topological polar surface area (TPSA) is 13.0 Å². The summed E-state index contributed by atoms with van der Waals surface area (Å²) < 4.78 is 0. The zero-order valence-corrected chi connectivity index (χ0v) is 62.9. The standard InChI is InChI=1S/C58H42N2.C52H36N2/c1-4-22-50(23-5-1)58(60(53-26-8-3-9-27-53)57-29-15-21-49-39-45-17-11-13-19-47(45)41-55(49)57)36-34-43(35-37-58)42-30-32-52(33-31-42)59(51-24-6-2-7-25-51)56-28-14-20-48-38-44-16-10-12-18-46(44)40-54(48)56;1-3-13-43(14-4-1)53(47-31-33-51-41(35-47)21-19-39-11-7-9-17-49(39)51)45-27-23-37(24-28-45)38-25-29-46(30-26-38)54(44-15-5-2-6-16-44)48-32-34-52-42(36-48)22-20-40-12-8-10-18-50(40)52/h1-36,38-41H,37H2;1-36H. The van der Waals surface area contributed by atoms with E-state index in [1.165, 1.54) is 120 Å². The molecule has 114 heavy (non-hydrogen) atoms. The Labute approximate surface area is 664 Å². The Kier molecular flexibility index (Phi) is 17.9. The lowest BCUT2D eigenvalue weighted by atomic mass is 9.78. The van der Waals surface area contributed by atoms with E-state index in [1.807, 2.05) is 0 Å². The van der Waals surface area contributed by atoms with Gasteiger partial charge in [-0.25, -0.2) is 0 Å². The van der Waals surface area contributed by atoms with E-state index in [0.717, 1.165) is 63.3 Å². The van der Waals surface area contributed by atoms with Crippen LogP contribution in [0.15, 0.2) is 461 Å². The van der Waals surface area contributed by atoms with Gasteiger partial charge < -0.3 is 19.6 Å². The Balaban J connectivity index is 0.000000149. The lowest BCUT2D eigenvalue weighted by Crippen LogP contribution is -2.42. The molecule has 1 atom stereocenters. The van der Waals surface area contributed by atoms with Gasteiger partial charge >= 0.3 is 0 Å². The third-order valence-electron chi connectivity index (χ3n) is 22.8. The van der Waals surface area contributed by atoms with Crippen LogP contribution in [0, 0.1) is 0 Å². The third-order valence-corrected chi connectivity index (χ3v) is 22.8. The first kappa shape index (κ1) is 68.4. The Bertz CT molecular complexity index is 6780. The van der Waals surface area contributed by atoms with Crippen molar-refractivity contribution in [2.24, 2.45) is 0 Å². The van der Waals surface area contributed by atoms with E-state index in [2.05, 4.69) is 481 Å². The maximum Gasteiger partial charge on any atom is 0.0924 e.